The van der Waals surface area contributed by atoms with Crippen molar-refractivity contribution < 1.29 is 0 Å². The summed E-state index contributed by atoms with van der Waals surface area (Å²) in [6.07, 6.45) is 0. The van der Waals surface area contributed by atoms with E-state index < -0.39 is 0 Å². The first-order chi connectivity index (χ1) is 24.8. The van der Waals surface area contributed by atoms with Crippen LogP contribution in [0.3, 0.4) is 0 Å². The van der Waals surface area contributed by atoms with Gasteiger partial charge in [0.2, 0.25) is 0 Å². The fraction of sp³-hybridized carbons (Fsp3) is 0.132. The lowest BCUT2D eigenvalue weighted by molar-refractivity contribution is 0.660. The third kappa shape index (κ3) is 4.80. The molecule has 0 fully saturated rings. The van der Waals surface area contributed by atoms with E-state index in [2.05, 4.69) is 187 Å². The highest BCUT2D eigenvalue weighted by Gasteiger charge is 2.40. The molecular weight excluding hydrogens is 625 g/mol. The van der Waals surface area contributed by atoms with Gasteiger partial charge in [-0.05, 0) is 78.3 Å². The first-order valence-electron chi connectivity index (χ1n) is 19.5. The van der Waals surface area contributed by atoms with Gasteiger partial charge in [-0.15, -0.1) is 27.0 Å². The summed E-state index contributed by atoms with van der Waals surface area (Å²) in [4.78, 5) is 5.54. The number of benzene rings is 6. The monoisotopic (exact) mass is 670 g/mol. The van der Waals surface area contributed by atoms with E-state index in [9.17, 15) is 0 Å². The Kier molecular flexibility index (Phi) is 8.07. The lowest BCUT2D eigenvalue weighted by Crippen LogP contribution is -2.50. The second-order valence-corrected chi connectivity index (χ2v) is 18.3. The van der Waals surface area contributed by atoms with Crippen LogP contribution in [0.1, 0.15) is 30.8 Å². The maximum atomic E-state index is 5.54. The van der Waals surface area contributed by atoms with Crippen molar-refractivity contribution in [3.8, 4) is 27.9 Å². The van der Waals surface area contributed by atoms with Gasteiger partial charge in [-0.2, -0.15) is 0 Å². The summed E-state index contributed by atoms with van der Waals surface area (Å²) >= 11 is 0. The molecule has 1 aliphatic rings. The predicted molar refractivity (Wildman–Crippen MR) is 272 cm³/mol. The molecule has 0 N–H and O–H groups in total. The Balaban J connectivity index is 1.66. The van der Waals surface area contributed by atoms with Crippen LogP contribution in [-0.4, -0.2) is 112 Å². The molecule has 0 bridgehead atoms. The van der Waals surface area contributed by atoms with Gasteiger partial charge in [0.1, 0.15) is 84.3 Å². The molecule has 0 saturated heterocycles. The van der Waals surface area contributed by atoms with Gasteiger partial charge in [0, 0.05) is 5.41 Å². The number of imidazole rings is 1. The van der Waals surface area contributed by atoms with Gasteiger partial charge in [-0.3, -0.25) is 4.57 Å². The highest BCUT2D eigenvalue weighted by Crippen LogP contribution is 2.50. The summed E-state index contributed by atoms with van der Waals surface area (Å²) in [5, 5.41) is 5.14. The Labute approximate surface area is 327 Å². The van der Waals surface area contributed by atoms with Crippen LogP contribution < -0.4 is 43.7 Å². The zero-order valence-corrected chi connectivity index (χ0v) is 34.7. The normalized spacial score (nSPS) is 13.8. The van der Waals surface area contributed by atoms with Crippen LogP contribution in [0.5, 0.6) is 0 Å². The molecule has 1 aliphatic carbocycles. The summed E-state index contributed by atoms with van der Waals surface area (Å²) in [7, 11) is 30.6. The second-order valence-electron chi connectivity index (χ2n) is 18.3. The van der Waals surface area contributed by atoms with E-state index in [0.717, 1.165) is 16.9 Å². The topological polar surface area (TPSA) is 17.8 Å². The number of para-hydroxylation sites is 2. The third-order valence-electron chi connectivity index (χ3n) is 14.4. The minimum absolute atomic E-state index is 0.0403. The maximum absolute atomic E-state index is 5.54. The average molecular weight is 668 g/mol. The summed E-state index contributed by atoms with van der Waals surface area (Å²) in [5.41, 5.74) is 22.5. The van der Waals surface area contributed by atoms with Crippen LogP contribution in [0.2, 0.25) is 5.11 Å². The Morgan fingerprint density at radius 2 is 1.04 bits per heavy atom. The molecule has 244 valence electrons. The molecule has 0 amide bonds. The fourth-order valence-corrected chi connectivity index (χ4v) is 9.47. The lowest BCUT2D eigenvalue weighted by atomic mass is 9.23. The number of fused-ring (bicyclic) bond motifs is 6. The minimum atomic E-state index is -0.241. The maximum Gasteiger partial charge on any atom is 0.139 e. The second kappa shape index (κ2) is 11.8. The Hall–Kier alpha value is -3.85. The van der Waals surface area contributed by atoms with Crippen molar-refractivity contribution in [1.29, 1.82) is 0 Å². The van der Waals surface area contributed by atoms with Crippen molar-refractivity contribution in [2.24, 2.45) is 0 Å². The minimum Gasteiger partial charge on any atom is -0.296 e. The molecule has 7 aromatic rings. The zero-order chi connectivity index (χ0) is 38.3. The summed E-state index contributed by atoms with van der Waals surface area (Å²) in [6.45, 7) is 4.80. The van der Waals surface area contributed by atoms with E-state index >= 15 is 0 Å². The highest BCUT2D eigenvalue weighted by atomic mass is 15.1. The number of aromatic nitrogens is 2. The van der Waals surface area contributed by atoms with Gasteiger partial charge in [-0.25, -0.2) is 4.98 Å². The van der Waals surface area contributed by atoms with Crippen LogP contribution in [0.25, 0.3) is 60.5 Å². The first-order valence-corrected chi connectivity index (χ1v) is 19.5. The fourth-order valence-electron chi connectivity index (χ4n) is 9.47. The first kappa shape index (κ1) is 36.1. The zero-order valence-electron chi connectivity index (χ0n) is 34.7. The van der Waals surface area contributed by atoms with E-state index in [1.807, 2.05) is 0 Å². The summed E-state index contributed by atoms with van der Waals surface area (Å²) in [5.74, 6) is 1.11. The molecule has 53 heavy (non-hydrogen) atoms. The van der Waals surface area contributed by atoms with Crippen molar-refractivity contribution in [2.75, 3.05) is 0 Å². The number of hydrogen-bond acceptors (Lipinski definition) is 1. The highest BCUT2D eigenvalue weighted by molar-refractivity contribution is 6.71. The van der Waals surface area contributed by atoms with E-state index in [1.165, 1.54) is 104 Å². The molecular formula is C38H43B13N2. The van der Waals surface area contributed by atoms with Gasteiger partial charge >= 0.3 is 0 Å². The molecule has 2 nitrogen and oxygen atoms in total. The Morgan fingerprint density at radius 3 is 1.60 bits per heavy atom. The predicted octanol–water partition coefficient (Wildman–Crippen LogP) is -9.24. The molecule has 1 aromatic heterocycles. The quantitative estimate of drug-likeness (QED) is 0.135. The van der Waals surface area contributed by atoms with E-state index in [-0.39, 0.29) is 15.7 Å². The molecule has 6 aromatic carbocycles. The summed E-state index contributed by atoms with van der Waals surface area (Å²) < 4.78 is 2.58. The van der Waals surface area contributed by atoms with Gasteiger partial charge in [-0.1, -0.05) is 84.2 Å². The van der Waals surface area contributed by atoms with Gasteiger partial charge < -0.3 is 0 Å². The molecule has 15 heteroatoms. The van der Waals surface area contributed by atoms with Crippen LogP contribution in [0.4, 0.5) is 0 Å². The van der Waals surface area contributed by atoms with E-state index in [0.29, 0.717) is 0 Å². The largest absolute Gasteiger partial charge is 0.296 e. The number of nitrogens with zero attached hydrogens (tertiary/aromatic N) is 2. The van der Waals surface area contributed by atoms with Crippen LogP contribution in [0, 0.1) is 0 Å². The van der Waals surface area contributed by atoms with Crippen molar-refractivity contribution in [3.05, 3.63) is 83.7 Å². The van der Waals surface area contributed by atoms with Crippen molar-refractivity contribution >= 4 is 178 Å². The Morgan fingerprint density at radius 1 is 0.547 bits per heavy atom. The van der Waals surface area contributed by atoms with Crippen LogP contribution >= 0.6 is 0 Å². The standard InChI is InChI=1S/C38H43B13N2/c1-36(2)17-8-4-3-7-15(17)16-12-11-14(13-18(16)36)21-22-24(28(41)32(45)30(43)26(22)39)34(25-23(21)27(40)31(44)33(46)29(25)42)53-20-10-6-5-9-19(20)52-35(53)37(47,48)38(49,50)51/h3-13H,39-51H2,1-2H3. The van der Waals surface area contributed by atoms with Gasteiger partial charge in [0.15, 0.2) is 0 Å². The average Bonchev–Trinajstić information content (AvgIpc) is 3.62. The van der Waals surface area contributed by atoms with Crippen molar-refractivity contribution in [3.63, 3.8) is 0 Å². The van der Waals surface area contributed by atoms with Gasteiger partial charge in [0.05, 0.1) is 40.3 Å². The lowest BCUT2D eigenvalue weighted by Gasteiger charge is -2.40. The number of hydrogen-bond donors (Lipinski definition) is 0. The molecule has 8 rings (SSSR count). The molecule has 0 unspecified atom stereocenters. The third-order valence-corrected chi connectivity index (χ3v) is 14.4. The molecule has 0 aliphatic heterocycles. The smallest absolute Gasteiger partial charge is 0.139 e. The van der Waals surface area contributed by atoms with Gasteiger partial charge in [0.25, 0.3) is 0 Å². The van der Waals surface area contributed by atoms with Crippen molar-refractivity contribution in [2.45, 2.75) is 29.6 Å². The van der Waals surface area contributed by atoms with Crippen LogP contribution in [0.15, 0.2) is 66.7 Å². The van der Waals surface area contributed by atoms with Crippen molar-refractivity contribution in [1.82, 2.24) is 9.55 Å². The molecule has 0 radical (unpaired) electrons. The Bertz CT molecular complexity index is 2680. The number of rotatable bonds is 4. The summed E-state index contributed by atoms with van der Waals surface area (Å²) in [6, 6.07) is 25.1. The van der Waals surface area contributed by atoms with E-state index in [1.54, 1.807) is 0 Å². The molecule has 0 saturated carbocycles. The molecule has 0 atom stereocenters. The molecule has 1 heterocycles. The SMILES string of the molecule is Bc1c(B)c(B)c2c(-n3c(C(B)(B)C(B)(B)B)nc4ccccc43)c3c(B)c(B)c(B)c(B)c3c(-c3ccc4c(c3)C(C)(C)c3ccccc3-4)c2c1B. The van der Waals surface area contributed by atoms with E-state index in [4.69, 9.17) is 4.98 Å². The van der Waals surface area contributed by atoms with Crippen LogP contribution in [-0.2, 0) is 10.6 Å². The molecule has 0 spiro atoms.